The minimum absolute atomic E-state index is 0.285. The number of carbonyl (C=O) groups is 1. The third-order valence-corrected chi connectivity index (χ3v) is 2.47. The fourth-order valence-electron chi connectivity index (χ4n) is 1.51. The third-order valence-electron chi connectivity index (χ3n) is 2.47. The number of anilines is 1. The smallest absolute Gasteiger partial charge is 0.274 e. The average Bonchev–Trinajstić information content (AvgIpc) is 2.48. The molecule has 1 aromatic carbocycles. The van der Waals surface area contributed by atoms with Crippen LogP contribution in [0.5, 0.6) is 11.5 Å². The molecule has 98 valence electrons. The van der Waals surface area contributed by atoms with Crippen molar-refractivity contribution in [1.29, 1.82) is 0 Å². The van der Waals surface area contributed by atoms with Gasteiger partial charge >= 0.3 is 0 Å². The lowest BCUT2D eigenvalue weighted by Crippen LogP contribution is -2.14. The Kier molecular flexibility index (Phi) is 3.92. The van der Waals surface area contributed by atoms with E-state index in [-0.39, 0.29) is 11.6 Å². The molecule has 0 radical (unpaired) electrons. The standard InChI is InChI=1S/C13H13N3O3/c1-18-9-3-4-10(12(7-9)19-2)16-13(17)11-5-6-14-8-15-11/h3-8H,1-2H3,(H,16,17). The molecule has 0 aliphatic rings. The third kappa shape index (κ3) is 2.98. The van der Waals surface area contributed by atoms with E-state index >= 15 is 0 Å². The van der Waals surface area contributed by atoms with E-state index in [9.17, 15) is 4.79 Å². The van der Waals surface area contributed by atoms with Gasteiger partial charge in [0.1, 0.15) is 23.5 Å². The van der Waals surface area contributed by atoms with Crippen molar-refractivity contribution in [3.05, 3.63) is 42.5 Å². The van der Waals surface area contributed by atoms with Crippen molar-refractivity contribution >= 4 is 11.6 Å². The van der Waals surface area contributed by atoms with E-state index in [1.165, 1.54) is 25.7 Å². The Morgan fingerprint density at radius 1 is 1.21 bits per heavy atom. The van der Waals surface area contributed by atoms with Crippen LogP contribution in [0, 0.1) is 0 Å². The van der Waals surface area contributed by atoms with E-state index in [0.29, 0.717) is 17.2 Å². The van der Waals surface area contributed by atoms with E-state index in [2.05, 4.69) is 15.3 Å². The van der Waals surface area contributed by atoms with Gasteiger partial charge in [-0.2, -0.15) is 0 Å². The monoisotopic (exact) mass is 259 g/mol. The van der Waals surface area contributed by atoms with Crippen molar-refractivity contribution < 1.29 is 14.3 Å². The number of rotatable bonds is 4. The molecule has 0 spiro atoms. The van der Waals surface area contributed by atoms with Gasteiger partial charge in [-0.15, -0.1) is 0 Å². The minimum atomic E-state index is -0.328. The van der Waals surface area contributed by atoms with Crippen molar-refractivity contribution in [1.82, 2.24) is 9.97 Å². The highest BCUT2D eigenvalue weighted by Gasteiger charge is 2.11. The lowest BCUT2D eigenvalue weighted by atomic mass is 10.2. The molecule has 0 unspecified atom stereocenters. The van der Waals surface area contributed by atoms with Gasteiger partial charge in [0.2, 0.25) is 0 Å². The maximum absolute atomic E-state index is 11.9. The second kappa shape index (κ2) is 5.81. The van der Waals surface area contributed by atoms with Gasteiger partial charge in [-0.05, 0) is 18.2 Å². The van der Waals surface area contributed by atoms with Crippen LogP contribution < -0.4 is 14.8 Å². The number of hydrogen-bond donors (Lipinski definition) is 1. The first kappa shape index (κ1) is 12.8. The summed E-state index contributed by atoms with van der Waals surface area (Å²) in [5.74, 6) is 0.838. The lowest BCUT2D eigenvalue weighted by Gasteiger charge is -2.11. The van der Waals surface area contributed by atoms with Crippen molar-refractivity contribution in [3.63, 3.8) is 0 Å². The summed E-state index contributed by atoms with van der Waals surface area (Å²) in [6, 6.07) is 6.66. The zero-order valence-electron chi connectivity index (χ0n) is 10.6. The van der Waals surface area contributed by atoms with Gasteiger partial charge in [0.15, 0.2) is 0 Å². The summed E-state index contributed by atoms with van der Waals surface area (Å²) in [5, 5.41) is 2.72. The number of ether oxygens (including phenoxy) is 2. The summed E-state index contributed by atoms with van der Waals surface area (Å²) in [6.07, 6.45) is 2.83. The Bertz CT molecular complexity index is 573. The first-order valence-corrected chi connectivity index (χ1v) is 5.54. The van der Waals surface area contributed by atoms with Crippen LogP contribution >= 0.6 is 0 Å². The average molecular weight is 259 g/mol. The highest BCUT2D eigenvalue weighted by atomic mass is 16.5. The van der Waals surface area contributed by atoms with E-state index in [4.69, 9.17) is 9.47 Å². The van der Waals surface area contributed by atoms with Gasteiger partial charge in [-0.1, -0.05) is 0 Å². The van der Waals surface area contributed by atoms with Crippen LogP contribution in [0.1, 0.15) is 10.5 Å². The molecule has 0 saturated heterocycles. The van der Waals surface area contributed by atoms with Crippen molar-refractivity contribution in [2.45, 2.75) is 0 Å². The molecule has 2 rings (SSSR count). The van der Waals surface area contributed by atoms with Crippen LogP contribution in [0.15, 0.2) is 36.8 Å². The van der Waals surface area contributed by atoms with Gasteiger partial charge < -0.3 is 14.8 Å². The van der Waals surface area contributed by atoms with Gasteiger partial charge in [0.05, 0.1) is 19.9 Å². The second-order valence-corrected chi connectivity index (χ2v) is 3.61. The second-order valence-electron chi connectivity index (χ2n) is 3.61. The maximum atomic E-state index is 11.9. The predicted octanol–water partition coefficient (Wildman–Crippen LogP) is 1.75. The molecular weight excluding hydrogens is 246 g/mol. The van der Waals surface area contributed by atoms with Gasteiger partial charge in [-0.25, -0.2) is 9.97 Å². The molecule has 0 aliphatic carbocycles. The fourth-order valence-corrected chi connectivity index (χ4v) is 1.51. The number of nitrogens with zero attached hydrogens (tertiary/aromatic N) is 2. The summed E-state index contributed by atoms with van der Waals surface area (Å²) in [7, 11) is 3.09. The molecule has 1 N–H and O–H groups in total. The van der Waals surface area contributed by atoms with Crippen LogP contribution in [0.3, 0.4) is 0 Å². The van der Waals surface area contributed by atoms with Crippen LogP contribution in [-0.2, 0) is 0 Å². The molecular formula is C13H13N3O3. The van der Waals surface area contributed by atoms with Gasteiger partial charge in [0, 0.05) is 12.3 Å². The molecule has 0 atom stereocenters. The zero-order chi connectivity index (χ0) is 13.7. The lowest BCUT2D eigenvalue weighted by molar-refractivity contribution is 0.102. The maximum Gasteiger partial charge on any atom is 0.274 e. The largest absolute Gasteiger partial charge is 0.497 e. The van der Waals surface area contributed by atoms with Gasteiger partial charge in [-0.3, -0.25) is 4.79 Å². The zero-order valence-corrected chi connectivity index (χ0v) is 10.6. The number of amides is 1. The molecule has 0 bridgehead atoms. The van der Waals surface area contributed by atoms with E-state index in [0.717, 1.165) is 0 Å². The van der Waals surface area contributed by atoms with Crippen molar-refractivity contribution in [2.75, 3.05) is 19.5 Å². The van der Waals surface area contributed by atoms with Crippen molar-refractivity contribution in [3.8, 4) is 11.5 Å². The fraction of sp³-hybridized carbons (Fsp3) is 0.154. The normalized spacial score (nSPS) is 9.79. The molecule has 0 saturated carbocycles. The molecule has 0 aliphatic heterocycles. The molecule has 6 nitrogen and oxygen atoms in total. The Hall–Kier alpha value is -2.63. The number of hydrogen-bond acceptors (Lipinski definition) is 5. The summed E-state index contributed by atoms with van der Waals surface area (Å²) in [5.41, 5.74) is 0.833. The SMILES string of the molecule is COc1ccc(NC(=O)c2ccncn2)c(OC)c1. The molecule has 0 fully saturated rings. The van der Waals surface area contributed by atoms with E-state index in [1.54, 1.807) is 25.3 Å². The highest BCUT2D eigenvalue weighted by molar-refractivity contribution is 6.03. The molecule has 1 heterocycles. The van der Waals surface area contributed by atoms with Crippen LogP contribution in [-0.4, -0.2) is 30.1 Å². The van der Waals surface area contributed by atoms with Gasteiger partial charge in [0.25, 0.3) is 5.91 Å². The molecule has 1 aromatic heterocycles. The highest BCUT2D eigenvalue weighted by Crippen LogP contribution is 2.29. The number of carbonyl (C=O) groups excluding carboxylic acids is 1. The van der Waals surface area contributed by atoms with Crippen LogP contribution in [0.25, 0.3) is 0 Å². The van der Waals surface area contributed by atoms with Crippen LogP contribution in [0.2, 0.25) is 0 Å². The Balaban J connectivity index is 2.21. The number of nitrogens with one attached hydrogen (secondary N) is 1. The quantitative estimate of drug-likeness (QED) is 0.905. The Labute approximate surface area is 110 Å². The molecule has 1 amide bonds. The summed E-state index contributed by atoms with van der Waals surface area (Å²) in [4.78, 5) is 19.6. The molecule has 6 heteroatoms. The Morgan fingerprint density at radius 2 is 2.05 bits per heavy atom. The first-order chi connectivity index (χ1) is 9.24. The minimum Gasteiger partial charge on any atom is -0.497 e. The number of methoxy groups -OCH3 is 2. The molecule has 2 aromatic rings. The Morgan fingerprint density at radius 3 is 2.68 bits per heavy atom. The summed E-state index contributed by atoms with van der Waals surface area (Å²) >= 11 is 0. The first-order valence-electron chi connectivity index (χ1n) is 5.54. The van der Waals surface area contributed by atoms with Crippen LogP contribution in [0.4, 0.5) is 5.69 Å². The number of benzene rings is 1. The molecule has 19 heavy (non-hydrogen) atoms. The summed E-state index contributed by atoms with van der Waals surface area (Å²) < 4.78 is 10.3. The summed E-state index contributed by atoms with van der Waals surface area (Å²) in [6.45, 7) is 0. The topological polar surface area (TPSA) is 73.3 Å². The van der Waals surface area contributed by atoms with E-state index in [1.807, 2.05) is 0 Å². The number of aromatic nitrogens is 2. The van der Waals surface area contributed by atoms with E-state index < -0.39 is 0 Å². The van der Waals surface area contributed by atoms with Crippen molar-refractivity contribution in [2.24, 2.45) is 0 Å². The predicted molar refractivity (Wildman–Crippen MR) is 69.5 cm³/mol.